The summed E-state index contributed by atoms with van der Waals surface area (Å²) >= 11 is 0. The van der Waals surface area contributed by atoms with Gasteiger partial charge in [-0.25, -0.2) is 9.31 Å². The number of hydrogen-bond donors (Lipinski definition) is 2. The summed E-state index contributed by atoms with van der Waals surface area (Å²) in [5.74, 6) is -1.08. The third-order valence-corrected chi connectivity index (χ3v) is 1.94. The second kappa shape index (κ2) is 3.12. The Morgan fingerprint density at radius 1 is 1.67 bits per heavy atom. The lowest BCUT2D eigenvalue weighted by atomic mass is 10.3. The number of carboxylic acid groups (broad SMARTS) is 1. The molecule has 0 aliphatic carbocycles. The highest BCUT2D eigenvalue weighted by Crippen LogP contribution is 2.08. The van der Waals surface area contributed by atoms with Crippen molar-refractivity contribution in [3.8, 4) is 5.75 Å². The maximum absolute atomic E-state index is 11.3. The Morgan fingerprint density at radius 2 is 2.40 bits per heavy atom. The van der Waals surface area contributed by atoms with Gasteiger partial charge in [-0.15, -0.1) is 0 Å². The van der Waals surface area contributed by atoms with E-state index in [4.69, 9.17) is 9.84 Å². The molecule has 0 bridgehead atoms. The molecule has 0 aliphatic heterocycles. The molecule has 0 saturated carbocycles. The number of nitrogens with one attached hydrogen (secondary N) is 1. The summed E-state index contributed by atoms with van der Waals surface area (Å²) in [4.78, 5) is 24.4. The number of hydrogen-bond acceptors (Lipinski definition) is 4. The van der Waals surface area contributed by atoms with Gasteiger partial charge in [0.25, 0.3) is 5.56 Å². The van der Waals surface area contributed by atoms with Crippen molar-refractivity contribution in [1.82, 2.24) is 14.6 Å². The fourth-order valence-corrected chi connectivity index (χ4v) is 1.23. The number of nitrogens with zero attached hydrogens (tertiary/aromatic N) is 2. The SMILES string of the molecule is COc1cn2ncc(C(=O)O)c2[nH]c1=O. The molecule has 0 saturated heterocycles. The van der Waals surface area contributed by atoms with E-state index in [0.717, 1.165) is 6.20 Å². The average molecular weight is 209 g/mol. The summed E-state index contributed by atoms with van der Waals surface area (Å²) in [6.45, 7) is 0. The van der Waals surface area contributed by atoms with Gasteiger partial charge in [0.1, 0.15) is 5.56 Å². The average Bonchev–Trinajstić information content (AvgIpc) is 2.59. The van der Waals surface area contributed by atoms with Crippen LogP contribution in [0.15, 0.2) is 17.2 Å². The second-order valence-electron chi connectivity index (χ2n) is 2.81. The number of rotatable bonds is 2. The number of aromatic carboxylic acids is 1. The van der Waals surface area contributed by atoms with E-state index in [0.29, 0.717) is 0 Å². The Hall–Kier alpha value is -2.31. The highest BCUT2D eigenvalue weighted by atomic mass is 16.5. The summed E-state index contributed by atoms with van der Waals surface area (Å²) in [6, 6.07) is 0. The van der Waals surface area contributed by atoms with Gasteiger partial charge >= 0.3 is 5.97 Å². The first-order valence-electron chi connectivity index (χ1n) is 4.01. The van der Waals surface area contributed by atoms with Crippen molar-refractivity contribution >= 4 is 11.6 Å². The number of ether oxygens (including phenoxy) is 1. The van der Waals surface area contributed by atoms with Crippen molar-refractivity contribution in [1.29, 1.82) is 0 Å². The highest BCUT2D eigenvalue weighted by Gasteiger charge is 2.13. The van der Waals surface area contributed by atoms with Crippen molar-refractivity contribution in [3.63, 3.8) is 0 Å². The van der Waals surface area contributed by atoms with Crippen LogP contribution in [0.3, 0.4) is 0 Å². The predicted molar refractivity (Wildman–Crippen MR) is 49.3 cm³/mol. The highest BCUT2D eigenvalue weighted by molar-refractivity contribution is 5.94. The molecule has 0 aliphatic rings. The van der Waals surface area contributed by atoms with E-state index in [1.54, 1.807) is 0 Å². The molecule has 0 radical (unpaired) electrons. The molecule has 7 heteroatoms. The van der Waals surface area contributed by atoms with Crippen LogP contribution in [0.25, 0.3) is 5.65 Å². The van der Waals surface area contributed by atoms with Crippen LogP contribution in [0.2, 0.25) is 0 Å². The molecule has 7 nitrogen and oxygen atoms in total. The molecule has 15 heavy (non-hydrogen) atoms. The zero-order valence-corrected chi connectivity index (χ0v) is 7.72. The molecule has 78 valence electrons. The monoisotopic (exact) mass is 209 g/mol. The van der Waals surface area contributed by atoms with Crippen molar-refractivity contribution in [2.24, 2.45) is 0 Å². The number of aromatic nitrogens is 3. The molecule has 0 fully saturated rings. The summed E-state index contributed by atoms with van der Waals surface area (Å²) in [6.07, 6.45) is 2.48. The topological polar surface area (TPSA) is 96.7 Å². The summed E-state index contributed by atoms with van der Waals surface area (Å²) in [5, 5.41) is 12.6. The molecule has 2 heterocycles. The summed E-state index contributed by atoms with van der Waals surface area (Å²) in [5.41, 5.74) is -0.420. The first-order valence-corrected chi connectivity index (χ1v) is 4.01. The Labute approximate surface area is 82.9 Å². The maximum Gasteiger partial charge on any atom is 0.341 e. The first kappa shape index (κ1) is 9.25. The largest absolute Gasteiger partial charge is 0.490 e. The lowest BCUT2D eigenvalue weighted by Crippen LogP contribution is -2.12. The van der Waals surface area contributed by atoms with Gasteiger partial charge in [0, 0.05) is 0 Å². The number of fused-ring (bicyclic) bond motifs is 1. The smallest absolute Gasteiger partial charge is 0.341 e. The van der Waals surface area contributed by atoms with Crippen LogP contribution in [-0.4, -0.2) is 32.8 Å². The van der Waals surface area contributed by atoms with Gasteiger partial charge in [0.15, 0.2) is 5.65 Å². The van der Waals surface area contributed by atoms with Gasteiger partial charge in [-0.2, -0.15) is 5.10 Å². The van der Waals surface area contributed by atoms with Crippen molar-refractivity contribution < 1.29 is 14.6 Å². The van der Waals surface area contributed by atoms with E-state index in [1.165, 1.54) is 17.8 Å². The number of carbonyl (C=O) groups is 1. The van der Waals surface area contributed by atoms with E-state index >= 15 is 0 Å². The van der Waals surface area contributed by atoms with Gasteiger partial charge in [0.2, 0.25) is 5.75 Å². The van der Waals surface area contributed by atoms with E-state index in [9.17, 15) is 9.59 Å². The fourth-order valence-electron chi connectivity index (χ4n) is 1.23. The molecular formula is C8H7N3O4. The minimum absolute atomic E-state index is 0.0604. The minimum atomic E-state index is -1.15. The Kier molecular flexibility index (Phi) is 1.93. The maximum atomic E-state index is 11.3. The van der Waals surface area contributed by atoms with Crippen LogP contribution >= 0.6 is 0 Å². The van der Waals surface area contributed by atoms with Gasteiger partial charge in [-0.1, -0.05) is 0 Å². The van der Waals surface area contributed by atoms with E-state index in [2.05, 4.69) is 10.1 Å². The van der Waals surface area contributed by atoms with Gasteiger partial charge in [-0.3, -0.25) is 4.79 Å². The Morgan fingerprint density at radius 3 is 3.00 bits per heavy atom. The van der Waals surface area contributed by atoms with E-state index in [1.807, 2.05) is 0 Å². The van der Waals surface area contributed by atoms with Crippen molar-refractivity contribution in [2.45, 2.75) is 0 Å². The van der Waals surface area contributed by atoms with Crippen LogP contribution in [0.1, 0.15) is 10.4 Å². The molecule has 0 spiro atoms. The van der Waals surface area contributed by atoms with Crippen molar-refractivity contribution in [3.05, 3.63) is 28.3 Å². The molecule has 2 aromatic rings. The molecular weight excluding hydrogens is 202 g/mol. The number of aromatic amines is 1. The quantitative estimate of drug-likeness (QED) is 0.709. The standard InChI is InChI=1S/C8H7N3O4/c1-15-5-3-11-6(10-7(5)12)4(2-9-11)8(13)14/h2-3H,1H3,(H,10,12)(H,13,14). The second-order valence-corrected chi connectivity index (χ2v) is 2.81. The summed E-state index contributed by atoms with van der Waals surface area (Å²) < 4.78 is 6.01. The first-order chi connectivity index (χ1) is 7.13. The van der Waals surface area contributed by atoms with Crippen LogP contribution in [0, 0.1) is 0 Å². The zero-order chi connectivity index (χ0) is 11.0. The Bertz CT molecular complexity index is 583. The molecule has 0 aromatic carbocycles. The number of H-pyrrole nitrogens is 1. The van der Waals surface area contributed by atoms with Crippen LogP contribution < -0.4 is 10.3 Å². The minimum Gasteiger partial charge on any atom is -0.490 e. The zero-order valence-electron chi connectivity index (χ0n) is 7.72. The van der Waals surface area contributed by atoms with Crippen molar-refractivity contribution in [2.75, 3.05) is 7.11 Å². The van der Waals surface area contributed by atoms with Crippen LogP contribution in [-0.2, 0) is 0 Å². The predicted octanol–water partition coefficient (Wildman–Crippen LogP) is -0.271. The molecule has 0 amide bonds. The molecule has 2 N–H and O–H groups in total. The van der Waals surface area contributed by atoms with Gasteiger partial charge in [-0.05, 0) is 0 Å². The summed E-state index contributed by atoms with van der Waals surface area (Å²) in [7, 11) is 1.35. The Balaban J connectivity index is 2.79. The van der Waals surface area contributed by atoms with Gasteiger partial charge < -0.3 is 14.8 Å². The number of methoxy groups -OCH3 is 1. The van der Waals surface area contributed by atoms with Gasteiger partial charge in [0.05, 0.1) is 19.5 Å². The molecule has 0 atom stereocenters. The molecule has 0 unspecified atom stereocenters. The molecule has 2 aromatic heterocycles. The van der Waals surface area contributed by atoms with Crippen LogP contribution in [0.5, 0.6) is 5.75 Å². The van der Waals surface area contributed by atoms with E-state index in [-0.39, 0.29) is 17.0 Å². The molecule has 2 rings (SSSR count). The lowest BCUT2D eigenvalue weighted by Gasteiger charge is -1.99. The van der Waals surface area contributed by atoms with Crippen LogP contribution in [0.4, 0.5) is 0 Å². The third-order valence-electron chi connectivity index (χ3n) is 1.94. The number of carboxylic acids is 1. The third kappa shape index (κ3) is 1.33. The normalized spacial score (nSPS) is 10.5. The fraction of sp³-hybridized carbons (Fsp3) is 0.125. The lowest BCUT2D eigenvalue weighted by molar-refractivity contribution is 0.0698. The van der Waals surface area contributed by atoms with E-state index < -0.39 is 11.5 Å².